The Balaban J connectivity index is 1.37. The summed E-state index contributed by atoms with van der Waals surface area (Å²) in [6.07, 6.45) is 13.3. The standard InChI is InChI=1S/C27H39NO4/c29-22(15-14-20-8-4-3-5-9-20)16-17-24-23(25(30)18-26(24)31)10-6-1-2-7-11-27(32)28-19-21-12-13-21/h1,3-6,8-9,16-17,21-26,29-31H,2,7,10-15,18-19H2,(H,28,32)/b6-1?,17-16+/t22-,23+,24+,25-,26+/m0/s1. The molecule has 1 aromatic carbocycles. The van der Waals surface area contributed by atoms with Crippen LogP contribution in [0, 0.1) is 17.8 Å². The summed E-state index contributed by atoms with van der Waals surface area (Å²) in [5.41, 5.74) is 1.19. The Kier molecular flexibility index (Phi) is 9.97. The molecule has 0 aliphatic heterocycles. The number of hydrogen-bond donors (Lipinski definition) is 4. The summed E-state index contributed by atoms with van der Waals surface area (Å²) < 4.78 is 0. The number of allylic oxidation sites excluding steroid dienone is 2. The first kappa shape index (κ1) is 24.7. The number of carbonyl (C=O) groups excluding carboxylic acids is 1. The quantitative estimate of drug-likeness (QED) is 0.278. The van der Waals surface area contributed by atoms with E-state index in [0.717, 1.165) is 25.8 Å². The van der Waals surface area contributed by atoms with Crippen LogP contribution in [0.5, 0.6) is 0 Å². The molecular weight excluding hydrogens is 402 g/mol. The number of carbonyl (C=O) groups is 1. The van der Waals surface area contributed by atoms with E-state index in [9.17, 15) is 20.1 Å². The Labute approximate surface area is 192 Å². The molecule has 0 unspecified atom stereocenters. The van der Waals surface area contributed by atoms with E-state index in [0.29, 0.717) is 31.6 Å². The van der Waals surface area contributed by atoms with Gasteiger partial charge in [0.2, 0.25) is 5.91 Å². The van der Waals surface area contributed by atoms with Crippen LogP contribution in [-0.4, -0.2) is 46.1 Å². The zero-order valence-electron chi connectivity index (χ0n) is 19.0. The fourth-order valence-corrected chi connectivity index (χ4v) is 4.44. The summed E-state index contributed by atoms with van der Waals surface area (Å²) in [5, 5.41) is 34.1. The number of aliphatic hydroxyl groups is 3. The van der Waals surface area contributed by atoms with Crippen molar-refractivity contribution in [3.63, 3.8) is 0 Å². The number of rotatable bonds is 13. The van der Waals surface area contributed by atoms with Gasteiger partial charge in [-0.05, 0) is 62.3 Å². The van der Waals surface area contributed by atoms with Crippen LogP contribution in [-0.2, 0) is 11.2 Å². The van der Waals surface area contributed by atoms with Crippen molar-refractivity contribution in [3.05, 3.63) is 60.2 Å². The molecule has 32 heavy (non-hydrogen) atoms. The summed E-state index contributed by atoms with van der Waals surface area (Å²) in [7, 11) is 0. The van der Waals surface area contributed by atoms with E-state index in [2.05, 4.69) is 29.6 Å². The fourth-order valence-electron chi connectivity index (χ4n) is 4.44. The molecule has 0 saturated heterocycles. The van der Waals surface area contributed by atoms with Gasteiger partial charge in [-0.2, -0.15) is 0 Å². The van der Waals surface area contributed by atoms with Gasteiger partial charge in [-0.15, -0.1) is 0 Å². The number of nitrogens with one attached hydrogen (secondary N) is 1. The van der Waals surface area contributed by atoms with Crippen molar-refractivity contribution < 1.29 is 20.1 Å². The molecule has 2 fully saturated rings. The highest BCUT2D eigenvalue weighted by atomic mass is 16.3. The van der Waals surface area contributed by atoms with E-state index in [1.165, 1.54) is 18.4 Å². The van der Waals surface area contributed by atoms with Crippen molar-refractivity contribution in [2.75, 3.05) is 6.54 Å². The molecule has 2 saturated carbocycles. The smallest absolute Gasteiger partial charge is 0.220 e. The van der Waals surface area contributed by atoms with Crippen LogP contribution in [0.1, 0.15) is 56.9 Å². The summed E-state index contributed by atoms with van der Waals surface area (Å²) in [4.78, 5) is 11.8. The van der Waals surface area contributed by atoms with Gasteiger partial charge in [-0.3, -0.25) is 4.79 Å². The van der Waals surface area contributed by atoms with Crippen LogP contribution >= 0.6 is 0 Å². The van der Waals surface area contributed by atoms with Crippen LogP contribution in [0.4, 0.5) is 0 Å². The maximum atomic E-state index is 11.8. The zero-order chi connectivity index (χ0) is 22.8. The summed E-state index contributed by atoms with van der Waals surface area (Å²) >= 11 is 0. The zero-order valence-corrected chi connectivity index (χ0v) is 19.0. The predicted molar refractivity (Wildman–Crippen MR) is 127 cm³/mol. The predicted octanol–water partition coefficient (Wildman–Crippen LogP) is 3.54. The van der Waals surface area contributed by atoms with Crippen LogP contribution in [0.2, 0.25) is 0 Å². The van der Waals surface area contributed by atoms with E-state index < -0.39 is 18.3 Å². The molecule has 1 amide bonds. The topological polar surface area (TPSA) is 89.8 Å². The Bertz CT molecular complexity index is 743. The van der Waals surface area contributed by atoms with Gasteiger partial charge in [0.1, 0.15) is 0 Å². The third-order valence-corrected chi connectivity index (χ3v) is 6.68. The Morgan fingerprint density at radius 1 is 1.12 bits per heavy atom. The largest absolute Gasteiger partial charge is 0.393 e. The number of amides is 1. The van der Waals surface area contributed by atoms with Crippen LogP contribution in [0.15, 0.2) is 54.6 Å². The molecular formula is C27H39NO4. The molecule has 5 atom stereocenters. The molecule has 5 nitrogen and oxygen atoms in total. The number of aryl methyl sites for hydroxylation is 1. The second-order valence-corrected chi connectivity index (χ2v) is 9.43. The highest BCUT2D eigenvalue weighted by Gasteiger charge is 2.39. The lowest BCUT2D eigenvalue weighted by atomic mass is 9.89. The molecule has 5 heteroatoms. The number of benzene rings is 1. The van der Waals surface area contributed by atoms with Crippen molar-refractivity contribution >= 4 is 5.91 Å². The van der Waals surface area contributed by atoms with Gasteiger partial charge in [0.25, 0.3) is 0 Å². The van der Waals surface area contributed by atoms with Gasteiger partial charge in [-0.1, -0.05) is 54.6 Å². The van der Waals surface area contributed by atoms with Gasteiger partial charge in [0, 0.05) is 25.3 Å². The highest BCUT2D eigenvalue weighted by molar-refractivity contribution is 5.75. The van der Waals surface area contributed by atoms with E-state index >= 15 is 0 Å². The molecule has 2 aliphatic carbocycles. The maximum absolute atomic E-state index is 11.8. The number of hydrogen-bond acceptors (Lipinski definition) is 4. The second kappa shape index (κ2) is 12.9. The van der Waals surface area contributed by atoms with Gasteiger partial charge < -0.3 is 20.6 Å². The maximum Gasteiger partial charge on any atom is 0.220 e. The molecule has 176 valence electrons. The normalized spacial score (nSPS) is 26.7. The molecule has 0 aromatic heterocycles. The first-order valence-corrected chi connectivity index (χ1v) is 12.2. The van der Waals surface area contributed by atoms with Gasteiger partial charge in [-0.25, -0.2) is 0 Å². The first-order valence-electron chi connectivity index (χ1n) is 12.2. The third-order valence-electron chi connectivity index (χ3n) is 6.68. The molecule has 0 heterocycles. The Morgan fingerprint density at radius 2 is 1.91 bits per heavy atom. The molecule has 0 spiro atoms. The van der Waals surface area contributed by atoms with Crippen molar-refractivity contribution in [2.45, 2.75) is 76.1 Å². The molecule has 0 radical (unpaired) electrons. The molecule has 3 rings (SSSR count). The van der Waals surface area contributed by atoms with E-state index in [1.54, 1.807) is 6.08 Å². The average Bonchev–Trinajstić information content (AvgIpc) is 3.58. The van der Waals surface area contributed by atoms with Crippen molar-refractivity contribution in [1.82, 2.24) is 5.32 Å². The van der Waals surface area contributed by atoms with Crippen LogP contribution in [0.3, 0.4) is 0 Å². The van der Waals surface area contributed by atoms with Crippen molar-refractivity contribution in [3.8, 4) is 0 Å². The Morgan fingerprint density at radius 3 is 2.66 bits per heavy atom. The summed E-state index contributed by atoms with van der Waals surface area (Å²) in [6.45, 7) is 0.826. The lowest BCUT2D eigenvalue weighted by molar-refractivity contribution is -0.121. The summed E-state index contributed by atoms with van der Waals surface area (Å²) in [6, 6.07) is 10.1. The first-order chi connectivity index (χ1) is 15.5. The van der Waals surface area contributed by atoms with Gasteiger partial charge in [0.05, 0.1) is 18.3 Å². The molecule has 1 aromatic rings. The van der Waals surface area contributed by atoms with Crippen LogP contribution < -0.4 is 5.32 Å². The lowest BCUT2D eigenvalue weighted by Crippen LogP contribution is -2.24. The monoisotopic (exact) mass is 441 g/mol. The molecule has 0 bridgehead atoms. The van der Waals surface area contributed by atoms with Crippen molar-refractivity contribution in [2.24, 2.45) is 17.8 Å². The average molecular weight is 442 g/mol. The fraction of sp³-hybridized carbons (Fsp3) is 0.593. The van der Waals surface area contributed by atoms with Crippen molar-refractivity contribution in [1.29, 1.82) is 0 Å². The van der Waals surface area contributed by atoms with Gasteiger partial charge >= 0.3 is 0 Å². The number of aliphatic hydroxyl groups excluding tert-OH is 3. The highest BCUT2D eigenvalue weighted by Crippen LogP contribution is 2.36. The van der Waals surface area contributed by atoms with E-state index in [-0.39, 0.29) is 17.7 Å². The van der Waals surface area contributed by atoms with E-state index in [1.807, 2.05) is 24.3 Å². The van der Waals surface area contributed by atoms with Crippen LogP contribution in [0.25, 0.3) is 0 Å². The summed E-state index contributed by atoms with van der Waals surface area (Å²) in [5.74, 6) is 0.629. The minimum atomic E-state index is -0.587. The third kappa shape index (κ3) is 8.53. The minimum Gasteiger partial charge on any atom is -0.393 e. The lowest BCUT2D eigenvalue weighted by Gasteiger charge is -2.19. The number of unbranched alkanes of at least 4 members (excludes halogenated alkanes) is 1. The minimum absolute atomic E-state index is 0.0549. The molecule has 4 N–H and O–H groups in total. The van der Waals surface area contributed by atoms with E-state index in [4.69, 9.17) is 0 Å². The second-order valence-electron chi connectivity index (χ2n) is 9.43. The van der Waals surface area contributed by atoms with Gasteiger partial charge in [0.15, 0.2) is 0 Å². The molecule has 2 aliphatic rings. The Hall–Kier alpha value is -1.95. The SMILES string of the molecule is O=C(CCCC=CC[C@@H]1[C@@H](/C=C/[C@@H](O)CCc2ccccc2)[C@H](O)C[C@@H]1O)NCC1CC1.